The molecule has 1 aromatic heterocycles. The number of hydrogen-bond donors (Lipinski definition) is 1. The second kappa shape index (κ2) is 3.55. The molecule has 1 N–H and O–H groups in total. The number of carbonyl (C=O) groups is 1. The molecule has 0 amide bonds. The number of carboxylic acid groups (broad SMARTS) is 1. The number of carboxylic acids is 1. The third-order valence-electron chi connectivity index (χ3n) is 2.18. The van der Waals surface area contributed by atoms with Crippen LogP contribution in [0.5, 0.6) is 0 Å². The molecule has 0 aliphatic heterocycles. The van der Waals surface area contributed by atoms with Gasteiger partial charge >= 0.3 is 5.97 Å². The van der Waals surface area contributed by atoms with Crippen molar-refractivity contribution in [3.05, 3.63) is 28.9 Å². The molecule has 0 unspecified atom stereocenters. The van der Waals surface area contributed by atoms with Crippen LogP contribution in [0.25, 0.3) is 10.9 Å². The maximum absolute atomic E-state index is 10.6. The van der Waals surface area contributed by atoms with Crippen LogP contribution in [-0.4, -0.2) is 20.9 Å². The fourth-order valence-corrected chi connectivity index (χ4v) is 1.73. The lowest BCUT2D eigenvalue weighted by Crippen LogP contribution is -2.09. The molecule has 1 heterocycles. The molecule has 0 aliphatic rings. The molecule has 0 radical (unpaired) electrons. The number of rotatable bonds is 2. The zero-order valence-electron chi connectivity index (χ0n) is 8.07. The Morgan fingerprint density at radius 3 is 3.00 bits per heavy atom. The molecule has 15 heavy (non-hydrogen) atoms. The molecule has 78 valence electrons. The average Bonchev–Trinajstić information content (AvgIpc) is 2.42. The van der Waals surface area contributed by atoms with Gasteiger partial charge in [-0.2, -0.15) is 5.10 Å². The van der Waals surface area contributed by atoms with Crippen molar-refractivity contribution >= 4 is 28.5 Å². The molecule has 0 aliphatic carbocycles. The molecular weight excluding hydrogens is 216 g/mol. The van der Waals surface area contributed by atoms with Crippen LogP contribution >= 0.6 is 11.6 Å². The first-order valence-corrected chi connectivity index (χ1v) is 4.80. The van der Waals surface area contributed by atoms with E-state index < -0.39 is 5.97 Å². The van der Waals surface area contributed by atoms with Gasteiger partial charge in [0, 0.05) is 10.4 Å². The first-order valence-electron chi connectivity index (χ1n) is 4.42. The summed E-state index contributed by atoms with van der Waals surface area (Å²) in [4.78, 5) is 10.6. The fourth-order valence-electron chi connectivity index (χ4n) is 1.56. The number of aliphatic carboxylic acids is 1. The second-order valence-corrected chi connectivity index (χ2v) is 3.73. The number of aromatic nitrogens is 2. The van der Waals surface area contributed by atoms with Crippen molar-refractivity contribution in [3.63, 3.8) is 0 Å². The highest BCUT2D eigenvalue weighted by Gasteiger charge is 2.09. The van der Waals surface area contributed by atoms with E-state index >= 15 is 0 Å². The van der Waals surface area contributed by atoms with Gasteiger partial charge in [0.1, 0.15) is 6.54 Å². The van der Waals surface area contributed by atoms with Gasteiger partial charge in [0.2, 0.25) is 0 Å². The maximum Gasteiger partial charge on any atom is 0.325 e. The first-order chi connectivity index (χ1) is 7.08. The van der Waals surface area contributed by atoms with Gasteiger partial charge < -0.3 is 5.11 Å². The molecule has 0 atom stereocenters. The van der Waals surface area contributed by atoms with E-state index in [0.29, 0.717) is 5.02 Å². The molecule has 0 spiro atoms. The quantitative estimate of drug-likeness (QED) is 0.850. The zero-order valence-corrected chi connectivity index (χ0v) is 8.82. The SMILES string of the molecule is Cc1nn(CC(=O)O)c2cc(Cl)ccc12. The van der Waals surface area contributed by atoms with Gasteiger partial charge in [0.25, 0.3) is 0 Å². The highest BCUT2D eigenvalue weighted by molar-refractivity contribution is 6.31. The van der Waals surface area contributed by atoms with Crippen LogP contribution in [0.1, 0.15) is 5.69 Å². The summed E-state index contributed by atoms with van der Waals surface area (Å²) in [5, 5.41) is 14.4. The van der Waals surface area contributed by atoms with Crippen molar-refractivity contribution in [3.8, 4) is 0 Å². The summed E-state index contributed by atoms with van der Waals surface area (Å²) in [5.74, 6) is -0.917. The van der Waals surface area contributed by atoms with Crippen LogP contribution in [0.15, 0.2) is 18.2 Å². The standard InChI is InChI=1S/C10H9ClN2O2/c1-6-8-3-2-7(11)4-9(8)13(12-6)5-10(14)15/h2-4H,5H2,1H3,(H,14,15). The van der Waals surface area contributed by atoms with E-state index in [0.717, 1.165) is 16.6 Å². The van der Waals surface area contributed by atoms with E-state index in [1.54, 1.807) is 12.1 Å². The van der Waals surface area contributed by atoms with Crippen molar-refractivity contribution < 1.29 is 9.90 Å². The summed E-state index contributed by atoms with van der Waals surface area (Å²) in [6.45, 7) is 1.69. The molecule has 1 aromatic carbocycles. The highest BCUT2D eigenvalue weighted by Crippen LogP contribution is 2.21. The summed E-state index contributed by atoms with van der Waals surface area (Å²) < 4.78 is 1.44. The lowest BCUT2D eigenvalue weighted by atomic mass is 10.2. The van der Waals surface area contributed by atoms with Crippen LogP contribution in [0, 0.1) is 6.92 Å². The normalized spacial score (nSPS) is 10.8. The number of hydrogen-bond acceptors (Lipinski definition) is 2. The topological polar surface area (TPSA) is 55.1 Å². The molecule has 0 saturated heterocycles. The lowest BCUT2D eigenvalue weighted by molar-refractivity contribution is -0.137. The molecule has 0 fully saturated rings. The summed E-state index contributed by atoms with van der Waals surface area (Å²) in [7, 11) is 0. The molecule has 0 bridgehead atoms. The Hall–Kier alpha value is -1.55. The van der Waals surface area contributed by atoms with E-state index in [4.69, 9.17) is 16.7 Å². The Bertz CT molecular complexity index is 533. The highest BCUT2D eigenvalue weighted by atomic mass is 35.5. The van der Waals surface area contributed by atoms with Gasteiger partial charge in [-0.15, -0.1) is 0 Å². The summed E-state index contributed by atoms with van der Waals surface area (Å²) in [5.41, 5.74) is 1.56. The second-order valence-electron chi connectivity index (χ2n) is 3.30. The average molecular weight is 225 g/mol. The van der Waals surface area contributed by atoms with E-state index in [-0.39, 0.29) is 6.54 Å². The molecule has 4 nitrogen and oxygen atoms in total. The Morgan fingerprint density at radius 1 is 1.60 bits per heavy atom. The molecule has 5 heteroatoms. The fraction of sp³-hybridized carbons (Fsp3) is 0.200. The van der Waals surface area contributed by atoms with Crippen LogP contribution in [-0.2, 0) is 11.3 Å². The van der Waals surface area contributed by atoms with Crippen LogP contribution in [0.4, 0.5) is 0 Å². The van der Waals surface area contributed by atoms with Crippen molar-refractivity contribution in [2.75, 3.05) is 0 Å². The number of halogens is 1. The number of nitrogens with zero attached hydrogens (tertiary/aromatic N) is 2. The summed E-state index contributed by atoms with van der Waals surface area (Å²) >= 11 is 5.85. The minimum absolute atomic E-state index is 0.148. The van der Waals surface area contributed by atoms with Gasteiger partial charge in [-0.3, -0.25) is 9.48 Å². The Morgan fingerprint density at radius 2 is 2.33 bits per heavy atom. The molecule has 0 saturated carbocycles. The van der Waals surface area contributed by atoms with E-state index in [9.17, 15) is 4.79 Å². The maximum atomic E-state index is 10.6. The third-order valence-corrected chi connectivity index (χ3v) is 2.42. The van der Waals surface area contributed by atoms with E-state index in [2.05, 4.69) is 5.10 Å². The molecular formula is C10H9ClN2O2. The lowest BCUT2D eigenvalue weighted by Gasteiger charge is -1.98. The van der Waals surface area contributed by atoms with Crippen LogP contribution in [0.2, 0.25) is 5.02 Å². The smallest absolute Gasteiger partial charge is 0.325 e. The van der Waals surface area contributed by atoms with Crippen molar-refractivity contribution in [1.82, 2.24) is 9.78 Å². The van der Waals surface area contributed by atoms with E-state index in [1.807, 2.05) is 13.0 Å². The van der Waals surface area contributed by atoms with Gasteiger partial charge in [-0.05, 0) is 25.1 Å². The predicted molar refractivity (Wildman–Crippen MR) is 57.1 cm³/mol. The van der Waals surface area contributed by atoms with Gasteiger partial charge in [0.15, 0.2) is 0 Å². The van der Waals surface area contributed by atoms with Crippen molar-refractivity contribution in [2.45, 2.75) is 13.5 Å². The molecule has 2 aromatic rings. The predicted octanol–water partition coefficient (Wildman–Crippen LogP) is 2.08. The number of benzene rings is 1. The van der Waals surface area contributed by atoms with E-state index in [1.165, 1.54) is 4.68 Å². The monoisotopic (exact) mass is 224 g/mol. The summed E-state index contributed by atoms with van der Waals surface area (Å²) in [6.07, 6.45) is 0. The van der Waals surface area contributed by atoms with Gasteiger partial charge in [0.05, 0.1) is 11.2 Å². The Balaban J connectivity index is 2.64. The van der Waals surface area contributed by atoms with Crippen LogP contribution < -0.4 is 0 Å². The van der Waals surface area contributed by atoms with Gasteiger partial charge in [-0.25, -0.2) is 0 Å². The number of fused-ring (bicyclic) bond motifs is 1. The minimum Gasteiger partial charge on any atom is -0.480 e. The first kappa shape index (κ1) is 9.98. The summed E-state index contributed by atoms with van der Waals surface area (Å²) in [6, 6.07) is 5.34. The Kier molecular flexibility index (Phi) is 2.36. The minimum atomic E-state index is -0.917. The zero-order chi connectivity index (χ0) is 11.0. The van der Waals surface area contributed by atoms with Crippen LogP contribution in [0.3, 0.4) is 0 Å². The van der Waals surface area contributed by atoms with Crippen molar-refractivity contribution in [1.29, 1.82) is 0 Å². The number of aryl methyl sites for hydroxylation is 1. The largest absolute Gasteiger partial charge is 0.480 e. The molecule has 2 rings (SSSR count). The van der Waals surface area contributed by atoms with Crippen molar-refractivity contribution in [2.24, 2.45) is 0 Å². The third kappa shape index (κ3) is 1.80. The Labute approximate surface area is 91.1 Å². The van der Waals surface area contributed by atoms with Gasteiger partial charge in [-0.1, -0.05) is 11.6 Å².